The number of benzene rings is 1. The summed E-state index contributed by atoms with van der Waals surface area (Å²) >= 11 is 1.59. The van der Waals surface area contributed by atoms with Gasteiger partial charge in [-0.2, -0.15) is 0 Å². The van der Waals surface area contributed by atoms with E-state index >= 15 is 0 Å². The number of carbonyl (C=O) groups is 1. The number of hydrogen-bond donors (Lipinski definition) is 0. The van der Waals surface area contributed by atoms with Gasteiger partial charge in [0, 0.05) is 11.3 Å². The molecule has 0 aromatic heterocycles. The third-order valence-corrected chi connectivity index (χ3v) is 3.36. The Morgan fingerprint density at radius 1 is 1.36 bits per heavy atom. The fourth-order valence-electron chi connectivity index (χ4n) is 1.48. The molecule has 1 aromatic carbocycles. The molecule has 0 N–H and O–H groups in total. The maximum Gasteiger partial charge on any atom is 0.319 e. The molecular formula is C11H12O2S. The minimum Gasteiger partial charge on any atom is -0.462 e. The van der Waals surface area contributed by atoms with Gasteiger partial charge in [-0.3, -0.25) is 4.79 Å². The van der Waals surface area contributed by atoms with Crippen molar-refractivity contribution < 1.29 is 9.53 Å². The van der Waals surface area contributed by atoms with Crippen LogP contribution >= 0.6 is 11.8 Å². The summed E-state index contributed by atoms with van der Waals surface area (Å²) in [4.78, 5) is 12.5. The highest BCUT2D eigenvalue weighted by atomic mass is 32.2. The lowest BCUT2D eigenvalue weighted by Gasteiger charge is -2.04. The predicted molar refractivity (Wildman–Crippen MR) is 56.3 cm³/mol. The number of thioether (sulfide) groups is 1. The first-order valence-corrected chi connectivity index (χ1v) is 5.56. The molecule has 2 atom stereocenters. The zero-order valence-electron chi connectivity index (χ0n) is 7.97. The van der Waals surface area contributed by atoms with E-state index in [4.69, 9.17) is 4.74 Å². The van der Waals surface area contributed by atoms with E-state index in [-0.39, 0.29) is 17.3 Å². The van der Waals surface area contributed by atoms with E-state index in [1.54, 1.807) is 11.8 Å². The molecule has 0 aliphatic carbocycles. The number of rotatable bonds is 2. The molecule has 1 aromatic rings. The summed E-state index contributed by atoms with van der Waals surface area (Å²) in [5.74, 6) is -0.0775. The lowest BCUT2D eigenvalue weighted by molar-refractivity contribution is -0.140. The van der Waals surface area contributed by atoms with Crippen LogP contribution in [0.1, 0.15) is 13.3 Å². The first-order chi connectivity index (χ1) is 6.75. The topological polar surface area (TPSA) is 26.3 Å². The molecular weight excluding hydrogens is 196 g/mol. The van der Waals surface area contributed by atoms with Crippen molar-refractivity contribution in [1.82, 2.24) is 0 Å². The Bertz CT molecular complexity index is 323. The molecule has 1 aliphatic rings. The van der Waals surface area contributed by atoms with Crippen LogP contribution in [0.3, 0.4) is 0 Å². The van der Waals surface area contributed by atoms with E-state index in [1.807, 2.05) is 37.3 Å². The molecule has 1 heterocycles. The fourth-order valence-corrected chi connectivity index (χ4v) is 2.64. The highest BCUT2D eigenvalue weighted by Crippen LogP contribution is 2.31. The molecule has 1 saturated heterocycles. The van der Waals surface area contributed by atoms with Gasteiger partial charge in [-0.05, 0) is 19.1 Å². The normalized spacial score (nSPS) is 26.2. The maximum absolute atomic E-state index is 11.3. The quantitative estimate of drug-likeness (QED) is 0.698. The second-order valence-corrected chi connectivity index (χ2v) is 4.68. The van der Waals surface area contributed by atoms with E-state index in [1.165, 1.54) is 0 Å². The van der Waals surface area contributed by atoms with Crippen molar-refractivity contribution in [2.24, 2.45) is 0 Å². The van der Waals surface area contributed by atoms with Crippen molar-refractivity contribution in [3.8, 4) is 0 Å². The number of ether oxygens (including phenoxy) is 1. The van der Waals surface area contributed by atoms with Gasteiger partial charge in [0.05, 0.1) is 0 Å². The highest BCUT2D eigenvalue weighted by molar-refractivity contribution is 8.00. The van der Waals surface area contributed by atoms with Crippen molar-refractivity contribution in [3.05, 3.63) is 30.3 Å². The van der Waals surface area contributed by atoms with Gasteiger partial charge in [0.1, 0.15) is 11.4 Å². The van der Waals surface area contributed by atoms with Crippen LogP contribution in [0.25, 0.3) is 0 Å². The predicted octanol–water partition coefficient (Wildman–Crippen LogP) is 2.48. The standard InChI is InChI=1S/C11H12O2S/c1-8-7-10(11(12)13-8)14-9-5-3-2-4-6-9/h2-6,8,10H,7H2,1H3/t8-,10-/m0/s1. The van der Waals surface area contributed by atoms with E-state index in [0.29, 0.717) is 0 Å². The summed E-state index contributed by atoms with van der Waals surface area (Å²) in [6, 6.07) is 9.96. The Morgan fingerprint density at radius 3 is 2.64 bits per heavy atom. The summed E-state index contributed by atoms with van der Waals surface area (Å²) in [5, 5.41) is -0.0209. The van der Waals surface area contributed by atoms with Crippen LogP contribution in [0, 0.1) is 0 Å². The summed E-state index contributed by atoms with van der Waals surface area (Å²) in [6.07, 6.45) is 0.891. The Balaban J connectivity index is 2.02. The van der Waals surface area contributed by atoms with E-state index in [2.05, 4.69) is 0 Å². The summed E-state index contributed by atoms with van der Waals surface area (Å²) in [6.45, 7) is 1.93. The number of esters is 1. The Hall–Kier alpha value is -0.960. The van der Waals surface area contributed by atoms with E-state index in [9.17, 15) is 4.79 Å². The van der Waals surface area contributed by atoms with Crippen LogP contribution in [-0.4, -0.2) is 17.3 Å². The lowest BCUT2D eigenvalue weighted by atomic mass is 10.3. The molecule has 3 heteroatoms. The van der Waals surface area contributed by atoms with Crippen molar-refractivity contribution in [2.45, 2.75) is 29.6 Å². The second kappa shape index (κ2) is 4.05. The Labute approximate surface area is 87.6 Å². The van der Waals surface area contributed by atoms with Gasteiger partial charge in [0.2, 0.25) is 0 Å². The van der Waals surface area contributed by atoms with Gasteiger partial charge in [-0.1, -0.05) is 18.2 Å². The Kier molecular flexibility index (Phi) is 2.77. The number of hydrogen-bond acceptors (Lipinski definition) is 3. The molecule has 2 rings (SSSR count). The molecule has 2 nitrogen and oxygen atoms in total. The number of cyclic esters (lactones) is 1. The minimum absolute atomic E-state index is 0.0209. The maximum atomic E-state index is 11.3. The largest absolute Gasteiger partial charge is 0.462 e. The fraction of sp³-hybridized carbons (Fsp3) is 0.364. The second-order valence-electron chi connectivity index (χ2n) is 3.40. The average molecular weight is 208 g/mol. The van der Waals surface area contributed by atoms with Crippen LogP contribution in [0.2, 0.25) is 0 Å². The summed E-state index contributed by atoms with van der Waals surface area (Å²) < 4.78 is 5.09. The zero-order chi connectivity index (χ0) is 9.97. The van der Waals surface area contributed by atoms with Crippen molar-refractivity contribution in [2.75, 3.05) is 0 Å². The molecule has 74 valence electrons. The van der Waals surface area contributed by atoms with Gasteiger partial charge in [-0.15, -0.1) is 11.8 Å². The van der Waals surface area contributed by atoms with Crippen LogP contribution in [-0.2, 0) is 9.53 Å². The smallest absolute Gasteiger partial charge is 0.319 e. The van der Waals surface area contributed by atoms with Gasteiger partial charge >= 0.3 is 5.97 Å². The van der Waals surface area contributed by atoms with E-state index in [0.717, 1.165) is 11.3 Å². The first kappa shape index (κ1) is 9.59. The number of carbonyl (C=O) groups excluding carboxylic acids is 1. The van der Waals surface area contributed by atoms with Crippen molar-refractivity contribution in [1.29, 1.82) is 0 Å². The average Bonchev–Trinajstić information content (AvgIpc) is 2.47. The van der Waals surface area contributed by atoms with Crippen LogP contribution < -0.4 is 0 Å². The molecule has 0 spiro atoms. The van der Waals surface area contributed by atoms with Gasteiger partial charge < -0.3 is 4.74 Å². The van der Waals surface area contributed by atoms with Crippen molar-refractivity contribution in [3.63, 3.8) is 0 Å². The van der Waals surface area contributed by atoms with Crippen LogP contribution in [0.5, 0.6) is 0 Å². The van der Waals surface area contributed by atoms with E-state index < -0.39 is 0 Å². The van der Waals surface area contributed by atoms with Crippen molar-refractivity contribution >= 4 is 17.7 Å². The zero-order valence-corrected chi connectivity index (χ0v) is 8.79. The van der Waals surface area contributed by atoms with Gasteiger partial charge in [-0.25, -0.2) is 0 Å². The first-order valence-electron chi connectivity index (χ1n) is 4.68. The molecule has 0 saturated carbocycles. The molecule has 0 unspecified atom stereocenters. The molecule has 0 radical (unpaired) electrons. The highest BCUT2D eigenvalue weighted by Gasteiger charge is 2.32. The van der Waals surface area contributed by atoms with Gasteiger partial charge in [0.25, 0.3) is 0 Å². The Morgan fingerprint density at radius 2 is 2.07 bits per heavy atom. The van der Waals surface area contributed by atoms with Gasteiger partial charge in [0.15, 0.2) is 0 Å². The molecule has 0 amide bonds. The monoisotopic (exact) mass is 208 g/mol. The molecule has 14 heavy (non-hydrogen) atoms. The summed E-state index contributed by atoms with van der Waals surface area (Å²) in [5.41, 5.74) is 0. The third-order valence-electron chi connectivity index (χ3n) is 2.15. The third kappa shape index (κ3) is 2.10. The lowest BCUT2D eigenvalue weighted by Crippen LogP contribution is -2.08. The summed E-state index contributed by atoms with van der Waals surface area (Å²) in [7, 11) is 0. The molecule has 0 bridgehead atoms. The molecule has 1 fully saturated rings. The SMILES string of the molecule is C[C@H]1C[C@H](Sc2ccccc2)C(=O)O1. The van der Waals surface area contributed by atoms with Crippen LogP contribution in [0.4, 0.5) is 0 Å². The molecule has 1 aliphatic heterocycles. The van der Waals surface area contributed by atoms with Crippen LogP contribution in [0.15, 0.2) is 35.2 Å². The minimum atomic E-state index is -0.0775.